The first-order chi connectivity index (χ1) is 13.4. The third-order valence-corrected chi connectivity index (χ3v) is 5.02. The van der Waals surface area contributed by atoms with E-state index in [2.05, 4.69) is 15.2 Å². The second kappa shape index (κ2) is 9.72. The van der Waals surface area contributed by atoms with Crippen LogP contribution >= 0.6 is 0 Å². The number of amides is 1. The van der Waals surface area contributed by atoms with Gasteiger partial charge in [0.1, 0.15) is 0 Å². The molecule has 0 aliphatic carbocycles. The molecule has 0 saturated heterocycles. The maximum Gasteiger partial charge on any atom is 0.255 e. The summed E-state index contributed by atoms with van der Waals surface area (Å²) in [5, 5.41) is 3.82. The first-order valence-corrected chi connectivity index (χ1v) is 9.56. The molecule has 150 valence electrons. The number of hydrazone groups is 1. The lowest BCUT2D eigenvalue weighted by molar-refractivity contribution is -0.119. The van der Waals surface area contributed by atoms with Gasteiger partial charge in [0.25, 0.3) is 5.91 Å². The average Bonchev–Trinajstić information content (AvgIpc) is 2.72. The molecule has 0 aromatic heterocycles. The third kappa shape index (κ3) is 5.21. The van der Waals surface area contributed by atoms with Crippen molar-refractivity contribution in [2.24, 2.45) is 5.10 Å². The lowest BCUT2D eigenvalue weighted by Crippen LogP contribution is -2.34. The molecule has 0 fully saturated rings. The quantitative estimate of drug-likeness (QED) is 0.476. The molecule has 0 spiro atoms. The Balaban J connectivity index is 2.00. The van der Waals surface area contributed by atoms with Gasteiger partial charge in [-0.15, -0.1) is 0 Å². The van der Waals surface area contributed by atoms with Gasteiger partial charge in [-0.1, -0.05) is 18.2 Å². The van der Waals surface area contributed by atoms with E-state index in [9.17, 15) is 13.2 Å². The predicted molar refractivity (Wildman–Crippen MR) is 103 cm³/mol. The number of benzene rings is 2. The molecule has 0 aliphatic rings. The first kappa shape index (κ1) is 21.2. The van der Waals surface area contributed by atoms with Gasteiger partial charge >= 0.3 is 0 Å². The molecule has 0 atom stereocenters. The van der Waals surface area contributed by atoms with Crippen LogP contribution in [0.15, 0.2) is 52.5 Å². The molecule has 2 rings (SSSR count). The Bertz CT molecular complexity index is 945. The number of ether oxygens (including phenoxy) is 3. The van der Waals surface area contributed by atoms with Crippen LogP contribution in [0.25, 0.3) is 0 Å². The standard InChI is InChI=1S/C18H21N3O6S/c1-25-15-10-9-13(17(26-2)18(15)27-3)11-19-21-16(22)12-20-28(23,24)14-7-5-4-6-8-14/h4-11,20H,12H2,1-3H3,(H,21,22)/b19-11-. The largest absolute Gasteiger partial charge is 0.493 e. The second-order valence-electron chi connectivity index (χ2n) is 5.35. The van der Waals surface area contributed by atoms with E-state index in [1.54, 1.807) is 30.3 Å². The predicted octanol–water partition coefficient (Wildman–Crippen LogP) is 1.14. The van der Waals surface area contributed by atoms with Crippen molar-refractivity contribution in [1.82, 2.24) is 10.1 Å². The van der Waals surface area contributed by atoms with Gasteiger partial charge in [-0.05, 0) is 24.3 Å². The normalized spacial score (nSPS) is 11.2. The topological polar surface area (TPSA) is 115 Å². The van der Waals surface area contributed by atoms with Crippen molar-refractivity contribution in [3.05, 3.63) is 48.0 Å². The van der Waals surface area contributed by atoms with Crippen LogP contribution in [0.1, 0.15) is 5.56 Å². The summed E-state index contributed by atoms with van der Waals surface area (Å²) in [7, 11) is 0.667. The van der Waals surface area contributed by atoms with E-state index >= 15 is 0 Å². The maximum absolute atomic E-state index is 12.1. The Morgan fingerprint density at radius 3 is 2.29 bits per heavy atom. The Labute approximate surface area is 163 Å². The number of hydrogen-bond acceptors (Lipinski definition) is 7. The minimum Gasteiger partial charge on any atom is -0.493 e. The molecular formula is C18H21N3O6S. The fraction of sp³-hybridized carbons (Fsp3) is 0.222. The average molecular weight is 407 g/mol. The molecule has 28 heavy (non-hydrogen) atoms. The molecule has 9 nitrogen and oxygen atoms in total. The number of sulfonamides is 1. The molecule has 0 unspecified atom stereocenters. The van der Waals surface area contributed by atoms with Gasteiger partial charge in [0, 0.05) is 5.56 Å². The van der Waals surface area contributed by atoms with Crippen LogP contribution in [0.3, 0.4) is 0 Å². The zero-order chi connectivity index (χ0) is 20.6. The lowest BCUT2D eigenvalue weighted by atomic mass is 10.2. The van der Waals surface area contributed by atoms with E-state index in [-0.39, 0.29) is 4.90 Å². The summed E-state index contributed by atoms with van der Waals surface area (Å²) in [6, 6.07) is 11.1. The smallest absolute Gasteiger partial charge is 0.255 e. The fourth-order valence-corrected chi connectivity index (χ4v) is 3.29. The van der Waals surface area contributed by atoms with Gasteiger partial charge in [0.05, 0.1) is 39.0 Å². The number of carbonyl (C=O) groups excluding carboxylic acids is 1. The van der Waals surface area contributed by atoms with Gasteiger partial charge in [-0.25, -0.2) is 18.6 Å². The summed E-state index contributed by atoms with van der Waals surface area (Å²) in [6.45, 7) is -0.461. The van der Waals surface area contributed by atoms with E-state index in [1.165, 1.54) is 39.7 Å². The number of nitrogens with one attached hydrogen (secondary N) is 2. The summed E-state index contributed by atoms with van der Waals surface area (Å²) in [5.74, 6) is 0.617. The lowest BCUT2D eigenvalue weighted by Gasteiger charge is -2.13. The van der Waals surface area contributed by atoms with E-state index in [1.807, 2.05) is 0 Å². The van der Waals surface area contributed by atoms with Crippen molar-refractivity contribution in [2.75, 3.05) is 27.9 Å². The zero-order valence-electron chi connectivity index (χ0n) is 15.6. The summed E-state index contributed by atoms with van der Waals surface area (Å²) < 4.78 is 42.1. The highest BCUT2D eigenvalue weighted by Crippen LogP contribution is 2.38. The van der Waals surface area contributed by atoms with Gasteiger partial charge in [-0.2, -0.15) is 5.10 Å². The highest BCUT2D eigenvalue weighted by Gasteiger charge is 2.16. The van der Waals surface area contributed by atoms with Crippen LogP contribution in [0.5, 0.6) is 17.2 Å². The van der Waals surface area contributed by atoms with Crippen LogP contribution in [-0.2, 0) is 14.8 Å². The molecule has 0 heterocycles. The summed E-state index contributed by atoms with van der Waals surface area (Å²) >= 11 is 0. The minimum atomic E-state index is -3.77. The molecule has 2 N–H and O–H groups in total. The Kier molecular flexibility index (Phi) is 7.36. The summed E-state index contributed by atoms with van der Waals surface area (Å²) in [6.07, 6.45) is 1.35. The van der Waals surface area contributed by atoms with Crippen molar-refractivity contribution in [3.8, 4) is 17.2 Å². The first-order valence-electron chi connectivity index (χ1n) is 8.08. The number of hydrogen-bond donors (Lipinski definition) is 2. The van der Waals surface area contributed by atoms with Crippen LogP contribution in [0, 0.1) is 0 Å². The zero-order valence-corrected chi connectivity index (χ0v) is 16.4. The van der Waals surface area contributed by atoms with Crippen molar-refractivity contribution in [1.29, 1.82) is 0 Å². The number of carbonyl (C=O) groups is 1. The summed E-state index contributed by atoms with van der Waals surface area (Å²) in [4.78, 5) is 11.9. The van der Waals surface area contributed by atoms with Crippen LogP contribution in [0.2, 0.25) is 0 Å². The monoisotopic (exact) mass is 407 g/mol. The van der Waals surface area contributed by atoms with Crippen LogP contribution in [0.4, 0.5) is 0 Å². The van der Waals surface area contributed by atoms with E-state index in [4.69, 9.17) is 14.2 Å². The molecule has 0 aliphatic heterocycles. The number of rotatable bonds is 9. The third-order valence-electron chi connectivity index (χ3n) is 3.60. The molecule has 1 amide bonds. The van der Waals surface area contributed by atoms with E-state index < -0.39 is 22.5 Å². The molecule has 10 heteroatoms. The molecule has 0 bridgehead atoms. The van der Waals surface area contributed by atoms with Gasteiger partial charge in [0.15, 0.2) is 11.5 Å². The van der Waals surface area contributed by atoms with Gasteiger partial charge < -0.3 is 14.2 Å². The number of nitrogens with zero attached hydrogens (tertiary/aromatic N) is 1. The molecule has 2 aromatic carbocycles. The van der Waals surface area contributed by atoms with E-state index in [0.29, 0.717) is 22.8 Å². The van der Waals surface area contributed by atoms with E-state index in [0.717, 1.165) is 0 Å². The Morgan fingerprint density at radius 1 is 1.00 bits per heavy atom. The Morgan fingerprint density at radius 2 is 1.68 bits per heavy atom. The molecule has 2 aromatic rings. The maximum atomic E-state index is 12.1. The highest BCUT2D eigenvalue weighted by atomic mass is 32.2. The number of methoxy groups -OCH3 is 3. The summed E-state index contributed by atoms with van der Waals surface area (Å²) in [5.41, 5.74) is 2.78. The van der Waals surface area contributed by atoms with Gasteiger partial charge in [0.2, 0.25) is 15.8 Å². The van der Waals surface area contributed by atoms with Crippen molar-refractivity contribution >= 4 is 22.1 Å². The minimum absolute atomic E-state index is 0.0707. The SMILES string of the molecule is COc1ccc(/C=N\NC(=O)CNS(=O)(=O)c2ccccc2)c(OC)c1OC. The van der Waals surface area contributed by atoms with Crippen molar-refractivity contribution in [3.63, 3.8) is 0 Å². The molecule has 0 saturated carbocycles. The highest BCUT2D eigenvalue weighted by molar-refractivity contribution is 7.89. The Hall–Kier alpha value is -3.11. The fourth-order valence-electron chi connectivity index (χ4n) is 2.28. The molecular weight excluding hydrogens is 386 g/mol. The second-order valence-corrected chi connectivity index (χ2v) is 7.12. The van der Waals surface area contributed by atoms with Crippen LogP contribution < -0.4 is 24.4 Å². The van der Waals surface area contributed by atoms with Gasteiger partial charge in [-0.3, -0.25) is 4.79 Å². The van der Waals surface area contributed by atoms with Crippen molar-refractivity contribution < 1.29 is 27.4 Å². The van der Waals surface area contributed by atoms with Crippen LogP contribution in [-0.4, -0.2) is 48.4 Å². The van der Waals surface area contributed by atoms with Crippen molar-refractivity contribution in [2.45, 2.75) is 4.90 Å². The molecule has 0 radical (unpaired) electrons.